The molecule has 2 aliphatic rings. The third-order valence-corrected chi connectivity index (χ3v) is 8.88. The van der Waals surface area contributed by atoms with E-state index in [4.69, 9.17) is 9.73 Å². The number of aliphatic imine (C=N–C) groups is 1. The van der Waals surface area contributed by atoms with Crippen molar-refractivity contribution in [3.8, 4) is 5.75 Å². The Morgan fingerprint density at radius 2 is 1.84 bits per heavy atom. The van der Waals surface area contributed by atoms with Gasteiger partial charge in [-0.25, -0.2) is 8.42 Å². The predicted octanol–water partition coefficient (Wildman–Crippen LogP) is 2.58. The number of hydrogen-bond donors (Lipinski definition) is 1. The van der Waals surface area contributed by atoms with Crippen LogP contribution in [0.25, 0.3) is 0 Å². The molecule has 202 valence electrons. The number of aliphatic hydroxyl groups excluding tert-OH is 1. The first-order valence-electron chi connectivity index (χ1n) is 13.3. The van der Waals surface area contributed by atoms with Gasteiger partial charge in [-0.15, -0.1) is 0 Å². The molecular formula is C27H38N4O5S. The maximum atomic E-state index is 13.6. The number of sulfonamides is 1. The van der Waals surface area contributed by atoms with Gasteiger partial charge in [-0.3, -0.25) is 14.7 Å². The highest BCUT2D eigenvalue weighted by molar-refractivity contribution is 7.89. The maximum absolute atomic E-state index is 13.6. The molecule has 3 heterocycles. The number of pyridine rings is 1. The number of rotatable bonds is 11. The number of fused-ring (bicyclic) bond motifs is 1. The van der Waals surface area contributed by atoms with E-state index in [1.54, 1.807) is 22.8 Å². The number of piperazine rings is 1. The third kappa shape index (κ3) is 5.67. The fraction of sp³-hybridized carbons (Fsp3) is 0.556. The summed E-state index contributed by atoms with van der Waals surface area (Å²) in [6.07, 6.45) is 4.81. The van der Waals surface area contributed by atoms with Crippen LogP contribution in [-0.4, -0.2) is 78.9 Å². The van der Waals surface area contributed by atoms with Crippen molar-refractivity contribution in [2.45, 2.75) is 57.9 Å². The number of aromatic nitrogens is 1. The first-order chi connectivity index (χ1) is 17.8. The molecule has 1 fully saturated rings. The van der Waals surface area contributed by atoms with E-state index in [9.17, 15) is 18.3 Å². The summed E-state index contributed by atoms with van der Waals surface area (Å²) in [5.41, 5.74) is 3.66. The van der Waals surface area contributed by atoms with Crippen LogP contribution in [0.5, 0.6) is 5.75 Å². The predicted molar refractivity (Wildman–Crippen MR) is 145 cm³/mol. The summed E-state index contributed by atoms with van der Waals surface area (Å²) in [5, 5.41) is 9.19. The standard InChI is InChI=1S/C27H38N4O5S/c1-4-7-20-19-30(6-3)27(33)23-18-24(28-26(20)23)22-17-21(8-9-25(22)36-16-5-2)37(34,35)31-12-10-29(11-13-31)14-15-32/h8-9,17,19,32H,4-7,10-16,18H2,1-3H3. The van der Waals surface area contributed by atoms with Gasteiger partial charge < -0.3 is 14.4 Å². The molecule has 0 radical (unpaired) electrons. The first kappa shape index (κ1) is 27.5. The van der Waals surface area contributed by atoms with Crippen LogP contribution in [0, 0.1) is 0 Å². The quantitative estimate of drug-likeness (QED) is 0.479. The average molecular weight is 531 g/mol. The normalized spacial score (nSPS) is 16.6. The van der Waals surface area contributed by atoms with E-state index in [-0.39, 0.29) is 17.1 Å². The van der Waals surface area contributed by atoms with Gasteiger partial charge in [-0.2, -0.15) is 4.31 Å². The Bertz CT molecular complexity index is 1310. The van der Waals surface area contributed by atoms with Crippen LogP contribution in [0.1, 0.15) is 50.3 Å². The number of hydrogen-bond acceptors (Lipinski definition) is 7. The fourth-order valence-electron chi connectivity index (χ4n) is 4.98. The zero-order valence-electron chi connectivity index (χ0n) is 22.1. The lowest BCUT2D eigenvalue weighted by Crippen LogP contribution is -2.49. The van der Waals surface area contributed by atoms with Crippen LogP contribution >= 0.6 is 0 Å². The third-order valence-electron chi connectivity index (χ3n) is 6.98. The minimum Gasteiger partial charge on any atom is -0.493 e. The zero-order chi connectivity index (χ0) is 26.6. The molecule has 1 saturated heterocycles. The van der Waals surface area contributed by atoms with Gasteiger partial charge in [0, 0.05) is 63.0 Å². The Labute approximate surface area is 219 Å². The first-order valence-corrected chi connectivity index (χ1v) is 14.7. The second kappa shape index (κ2) is 11.9. The topological polar surface area (TPSA) is 104 Å². The van der Waals surface area contributed by atoms with Crippen LogP contribution in [0.3, 0.4) is 0 Å². The van der Waals surface area contributed by atoms with Gasteiger partial charge in [0.15, 0.2) is 0 Å². The van der Waals surface area contributed by atoms with Crippen molar-refractivity contribution in [1.29, 1.82) is 0 Å². The lowest BCUT2D eigenvalue weighted by molar-refractivity contribution is 0.151. The molecule has 0 unspecified atom stereocenters. The number of aliphatic hydroxyl groups is 1. The largest absolute Gasteiger partial charge is 0.493 e. The molecule has 2 aromatic rings. The molecule has 0 spiro atoms. The average Bonchev–Trinajstić information content (AvgIpc) is 3.36. The summed E-state index contributed by atoms with van der Waals surface area (Å²) in [6, 6.07) is 4.96. The zero-order valence-corrected chi connectivity index (χ0v) is 22.9. The van der Waals surface area contributed by atoms with E-state index in [0.29, 0.717) is 74.9 Å². The number of β-amino-alcohol motifs (C(OH)–C–C–N with tert-alkyl or cyclic N) is 1. The van der Waals surface area contributed by atoms with Crippen LogP contribution < -0.4 is 10.3 Å². The Morgan fingerprint density at radius 3 is 2.49 bits per heavy atom. The maximum Gasteiger partial charge on any atom is 0.256 e. The van der Waals surface area contributed by atoms with Crippen molar-refractivity contribution < 1.29 is 18.3 Å². The lowest BCUT2D eigenvalue weighted by Gasteiger charge is -2.33. The molecule has 2 aliphatic heterocycles. The molecular weight excluding hydrogens is 492 g/mol. The second-order valence-corrected chi connectivity index (χ2v) is 11.5. The van der Waals surface area contributed by atoms with Crippen molar-refractivity contribution in [3.63, 3.8) is 0 Å². The molecule has 9 nitrogen and oxygen atoms in total. The number of ether oxygens (including phenoxy) is 1. The number of benzene rings is 1. The molecule has 1 aromatic heterocycles. The monoisotopic (exact) mass is 530 g/mol. The minimum atomic E-state index is -3.72. The van der Waals surface area contributed by atoms with Crippen LogP contribution in [0.15, 0.2) is 39.1 Å². The van der Waals surface area contributed by atoms with Crippen molar-refractivity contribution >= 4 is 21.4 Å². The molecule has 0 atom stereocenters. The molecule has 37 heavy (non-hydrogen) atoms. The Morgan fingerprint density at radius 1 is 1.08 bits per heavy atom. The molecule has 4 rings (SSSR count). The van der Waals surface area contributed by atoms with Crippen LogP contribution in [-0.2, 0) is 29.4 Å². The van der Waals surface area contributed by atoms with E-state index in [0.717, 1.165) is 30.5 Å². The van der Waals surface area contributed by atoms with E-state index in [1.165, 1.54) is 4.31 Å². The molecule has 0 saturated carbocycles. The Kier molecular flexibility index (Phi) is 8.84. The van der Waals surface area contributed by atoms with E-state index in [1.807, 2.05) is 20.0 Å². The molecule has 1 aromatic carbocycles. The molecule has 0 bridgehead atoms. The summed E-state index contributed by atoms with van der Waals surface area (Å²) in [5.74, 6) is 0.577. The highest BCUT2D eigenvalue weighted by Gasteiger charge is 2.31. The van der Waals surface area contributed by atoms with Gasteiger partial charge in [0.05, 0.1) is 29.5 Å². The van der Waals surface area contributed by atoms with Crippen LogP contribution in [0.2, 0.25) is 0 Å². The van der Waals surface area contributed by atoms with Gasteiger partial charge in [0.2, 0.25) is 10.0 Å². The molecule has 10 heteroatoms. The van der Waals surface area contributed by atoms with Crippen molar-refractivity contribution in [2.24, 2.45) is 4.99 Å². The van der Waals surface area contributed by atoms with E-state index in [2.05, 4.69) is 11.8 Å². The molecule has 0 amide bonds. The van der Waals surface area contributed by atoms with Crippen molar-refractivity contribution in [1.82, 2.24) is 13.8 Å². The molecule has 1 N–H and O–H groups in total. The SMILES string of the molecule is CCCOc1ccc(S(=O)(=O)N2CCN(CCO)CC2)cc1C1=Nc2c(CCC)cn(CC)c(=O)c2C1. The number of nitrogens with zero attached hydrogens (tertiary/aromatic N) is 4. The smallest absolute Gasteiger partial charge is 0.256 e. The highest BCUT2D eigenvalue weighted by atomic mass is 32.2. The minimum absolute atomic E-state index is 0.0448. The molecule has 0 aliphatic carbocycles. The van der Waals surface area contributed by atoms with Gasteiger partial charge in [-0.1, -0.05) is 20.3 Å². The second-order valence-electron chi connectivity index (χ2n) is 9.53. The Balaban J connectivity index is 1.72. The lowest BCUT2D eigenvalue weighted by atomic mass is 10.0. The fourth-order valence-corrected chi connectivity index (χ4v) is 6.43. The van der Waals surface area contributed by atoms with Gasteiger partial charge in [0.25, 0.3) is 5.56 Å². The van der Waals surface area contributed by atoms with Crippen LogP contribution in [0.4, 0.5) is 5.69 Å². The van der Waals surface area contributed by atoms with Gasteiger partial charge >= 0.3 is 0 Å². The van der Waals surface area contributed by atoms with Gasteiger partial charge in [-0.05, 0) is 43.5 Å². The van der Waals surface area contributed by atoms with E-state index < -0.39 is 10.0 Å². The van der Waals surface area contributed by atoms with Gasteiger partial charge in [0.1, 0.15) is 5.75 Å². The number of aryl methyl sites for hydroxylation is 2. The Hall–Kier alpha value is -2.53. The summed E-state index contributed by atoms with van der Waals surface area (Å²) in [6.45, 7) is 9.65. The summed E-state index contributed by atoms with van der Waals surface area (Å²) < 4.78 is 36.4. The van der Waals surface area contributed by atoms with Crippen molar-refractivity contribution in [2.75, 3.05) is 45.9 Å². The summed E-state index contributed by atoms with van der Waals surface area (Å²) in [4.78, 5) is 20.3. The van der Waals surface area contributed by atoms with E-state index >= 15 is 0 Å². The summed E-state index contributed by atoms with van der Waals surface area (Å²) >= 11 is 0. The highest BCUT2D eigenvalue weighted by Crippen LogP contribution is 2.35. The summed E-state index contributed by atoms with van der Waals surface area (Å²) in [7, 11) is -3.72. The van der Waals surface area contributed by atoms with Crippen molar-refractivity contribution in [3.05, 3.63) is 51.4 Å².